The quantitative estimate of drug-likeness (QED) is 0.0992. The molecule has 5 heteroatoms. The van der Waals surface area contributed by atoms with Crippen molar-refractivity contribution in [1.29, 1.82) is 0 Å². The van der Waals surface area contributed by atoms with E-state index in [1.54, 1.807) is 0 Å². The van der Waals surface area contributed by atoms with Gasteiger partial charge in [-0.15, -0.1) is 0 Å². The summed E-state index contributed by atoms with van der Waals surface area (Å²) in [7, 11) is 0. The average molecular weight is 745 g/mol. The summed E-state index contributed by atoms with van der Waals surface area (Å²) >= 11 is -1.79. The molecular formula is C33H38GeIrNO2-. The van der Waals surface area contributed by atoms with Gasteiger partial charge in [0.25, 0.3) is 0 Å². The van der Waals surface area contributed by atoms with Crippen LogP contribution in [0.4, 0.5) is 0 Å². The van der Waals surface area contributed by atoms with Crippen LogP contribution in [0.3, 0.4) is 0 Å². The first-order valence-corrected chi connectivity index (χ1v) is 20.0. The van der Waals surface area contributed by atoms with Crippen molar-refractivity contribution in [1.82, 2.24) is 4.98 Å². The number of allylic oxidation sites excluding steroid dienone is 2. The minimum Gasteiger partial charge on any atom is 0 e. The van der Waals surface area contributed by atoms with E-state index >= 15 is 0 Å². The molecule has 0 aliphatic rings. The summed E-state index contributed by atoms with van der Waals surface area (Å²) in [6.45, 7) is 9.65. The van der Waals surface area contributed by atoms with Crippen LogP contribution < -0.4 is 4.40 Å². The Kier molecular flexibility index (Phi) is 10.9. The van der Waals surface area contributed by atoms with Gasteiger partial charge in [0.15, 0.2) is 5.78 Å². The normalized spacial score (nSPS) is 11.8. The van der Waals surface area contributed by atoms with Gasteiger partial charge in [-0.3, -0.25) is 4.79 Å². The zero-order valence-electron chi connectivity index (χ0n) is 23.6. The monoisotopic (exact) mass is 747 g/mol. The minimum absolute atomic E-state index is 0. The number of hydrogen-bond acceptors (Lipinski definition) is 3. The molecule has 3 nitrogen and oxygen atoms in total. The smallest absolute Gasteiger partial charge is 0 e. The molecule has 0 saturated heterocycles. The number of aliphatic hydroxyl groups is 1. The van der Waals surface area contributed by atoms with Gasteiger partial charge in [-0.1, -0.05) is 6.07 Å². The molecule has 4 rings (SSSR count). The van der Waals surface area contributed by atoms with Gasteiger partial charge in [-0.25, -0.2) is 0 Å². The fraction of sp³-hybridized carbons (Fsp3) is 0.273. The second-order valence-electron chi connectivity index (χ2n) is 11.5. The third kappa shape index (κ3) is 8.49. The minimum atomic E-state index is -1.79. The Morgan fingerprint density at radius 1 is 0.921 bits per heavy atom. The van der Waals surface area contributed by atoms with Gasteiger partial charge in [-0.05, 0) is 13.8 Å². The maximum absolute atomic E-state index is 10.0. The number of rotatable bonds is 4. The third-order valence-corrected chi connectivity index (χ3v) is 10.4. The van der Waals surface area contributed by atoms with Gasteiger partial charge in [-0.2, -0.15) is 0 Å². The molecular weight excluding hydrogens is 707 g/mol. The second kappa shape index (κ2) is 13.0. The van der Waals surface area contributed by atoms with Crippen LogP contribution in [0.25, 0.3) is 33.2 Å². The van der Waals surface area contributed by atoms with Crippen LogP contribution in [-0.2, 0) is 30.3 Å². The van der Waals surface area contributed by atoms with E-state index in [1.807, 2.05) is 6.20 Å². The second-order valence-corrected chi connectivity index (χ2v) is 22.2. The third-order valence-electron chi connectivity index (χ3n) is 6.12. The van der Waals surface area contributed by atoms with Crippen LogP contribution in [0.5, 0.6) is 0 Å². The van der Waals surface area contributed by atoms with Crippen molar-refractivity contribution in [3.05, 3.63) is 96.4 Å². The molecule has 0 aliphatic carbocycles. The summed E-state index contributed by atoms with van der Waals surface area (Å²) in [4.78, 5) is 14.7. The van der Waals surface area contributed by atoms with Crippen LogP contribution in [0.2, 0.25) is 17.3 Å². The van der Waals surface area contributed by atoms with E-state index in [-0.39, 0.29) is 37.1 Å². The molecule has 0 spiro atoms. The van der Waals surface area contributed by atoms with Crippen molar-refractivity contribution in [2.24, 2.45) is 0 Å². The molecule has 1 radical (unpaired) electrons. The first-order valence-electron chi connectivity index (χ1n) is 12.7. The Morgan fingerprint density at radius 2 is 1.55 bits per heavy atom. The summed E-state index contributed by atoms with van der Waals surface area (Å²) in [5.74, 6) is 7.23. The predicted octanol–water partition coefficient (Wildman–Crippen LogP) is 8.25. The van der Waals surface area contributed by atoms with Crippen molar-refractivity contribution in [2.75, 3.05) is 0 Å². The fourth-order valence-corrected chi connectivity index (χ4v) is 6.65. The predicted molar refractivity (Wildman–Crippen MR) is 160 cm³/mol. The largest absolute Gasteiger partial charge is 0 e. The molecule has 201 valence electrons. The first-order chi connectivity index (χ1) is 17.3. The van der Waals surface area contributed by atoms with Crippen LogP contribution in [0, 0.1) is 6.07 Å². The molecule has 0 saturated carbocycles. The Balaban J connectivity index is 0.000000561. The SMILES string of the molecule is CC(=O)/C=C(/C)O.CC(C)(C)c1cc(-c2cc(-c3cc[c]([Ge]([CH3])([CH3])[CH3])cc3)ccn2)[c-]c2ccccc12.[Ir]. The van der Waals surface area contributed by atoms with E-state index in [0.29, 0.717) is 0 Å². The molecule has 1 heterocycles. The molecule has 3 aromatic carbocycles. The summed E-state index contributed by atoms with van der Waals surface area (Å²) < 4.78 is 1.53. The van der Waals surface area contributed by atoms with Crippen LogP contribution >= 0.6 is 0 Å². The van der Waals surface area contributed by atoms with Crippen molar-refractivity contribution < 1.29 is 30.0 Å². The zero-order valence-corrected chi connectivity index (χ0v) is 28.1. The molecule has 0 fully saturated rings. The Hall–Kier alpha value is -2.53. The fourth-order valence-electron chi connectivity index (χ4n) is 4.20. The van der Waals surface area contributed by atoms with Crippen molar-refractivity contribution >= 4 is 34.2 Å². The van der Waals surface area contributed by atoms with Crippen LogP contribution in [0.1, 0.15) is 40.2 Å². The van der Waals surface area contributed by atoms with E-state index < -0.39 is 13.3 Å². The molecule has 0 bridgehead atoms. The van der Waals surface area contributed by atoms with Crippen molar-refractivity contribution in [2.45, 2.75) is 57.3 Å². The number of nitrogens with zero attached hydrogens (tertiary/aromatic N) is 1. The molecule has 0 unspecified atom stereocenters. The van der Waals surface area contributed by atoms with E-state index in [9.17, 15) is 4.79 Å². The number of fused-ring (bicyclic) bond motifs is 1. The van der Waals surface area contributed by atoms with Gasteiger partial charge in [0, 0.05) is 26.2 Å². The van der Waals surface area contributed by atoms with E-state index in [4.69, 9.17) is 10.1 Å². The van der Waals surface area contributed by atoms with E-state index in [0.717, 1.165) is 16.6 Å². The molecule has 0 aliphatic heterocycles. The summed E-state index contributed by atoms with van der Waals surface area (Å²) in [5, 5.41) is 10.8. The Bertz CT molecular complexity index is 1420. The Labute approximate surface area is 244 Å². The summed E-state index contributed by atoms with van der Waals surface area (Å²) in [6.07, 6.45) is 3.08. The number of carbonyl (C=O) groups is 1. The molecule has 0 atom stereocenters. The molecule has 4 aromatic rings. The van der Waals surface area contributed by atoms with E-state index in [2.05, 4.69) is 111 Å². The van der Waals surface area contributed by atoms with Crippen LogP contribution in [-0.4, -0.2) is 29.1 Å². The number of aromatic nitrogens is 1. The van der Waals surface area contributed by atoms with Crippen molar-refractivity contribution in [3.8, 4) is 22.4 Å². The zero-order chi connectivity index (χ0) is 27.4. The van der Waals surface area contributed by atoms with Gasteiger partial charge in [0.05, 0.1) is 5.76 Å². The van der Waals surface area contributed by atoms with Gasteiger partial charge in [0.1, 0.15) is 0 Å². The number of carbonyl (C=O) groups excluding carboxylic acids is 1. The first kappa shape index (κ1) is 31.7. The van der Waals surface area contributed by atoms with Crippen molar-refractivity contribution in [3.63, 3.8) is 0 Å². The molecule has 1 N–H and O–H groups in total. The van der Waals surface area contributed by atoms with Gasteiger partial charge >= 0.3 is 178 Å². The molecule has 0 amide bonds. The number of benzene rings is 3. The van der Waals surface area contributed by atoms with Gasteiger partial charge < -0.3 is 5.11 Å². The van der Waals surface area contributed by atoms with E-state index in [1.165, 1.54) is 46.4 Å². The van der Waals surface area contributed by atoms with Gasteiger partial charge in [0.2, 0.25) is 0 Å². The summed E-state index contributed by atoms with van der Waals surface area (Å²) in [5.41, 5.74) is 5.86. The maximum Gasteiger partial charge on any atom is 0 e. The van der Waals surface area contributed by atoms with Crippen LogP contribution in [0.15, 0.2) is 84.8 Å². The number of ketones is 1. The molecule has 1 aromatic heterocycles. The number of pyridine rings is 1. The maximum atomic E-state index is 10.0. The topological polar surface area (TPSA) is 50.2 Å². The summed E-state index contributed by atoms with van der Waals surface area (Å²) in [6, 6.07) is 27.9. The average Bonchev–Trinajstić information content (AvgIpc) is 2.82. The molecule has 38 heavy (non-hydrogen) atoms. The Morgan fingerprint density at radius 3 is 2.08 bits per heavy atom. The number of hydrogen-bond donors (Lipinski definition) is 1. The standard InChI is InChI=1S/C28H30GeN.C5H8O2.Ir/c1-28(2,3)26-18-23(17-22-9-7-8-10-25(22)26)27-19-21(15-16-30-27)20-11-13-24(14-12-20)29(4,5)6;1-4(6)3-5(2)7;/h7-16,18-19H,1-6H3;3,6H,1-2H3;/q-1;;/b;4-3-;. The number of aliphatic hydroxyl groups excluding tert-OH is 1.